The maximum absolute atomic E-state index is 9.37. The van der Waals surface area contributed by atoms with Crippen molar-refractivity contribution in [1.29, 1.82) is 5.26 Å². The van der Waals surface area contributed by atoms with E-state index in [4.69, 9.17) is 4.74 Å². The minimum atomic E-state index is 0.0220. The summed E-state index contributed by atoms with van der Waals surface area (Å²) >= 11 is 0. The molecule has 4 rings (SSSR count). The van der Waals surface area contributed by atoms with Crippen LogP contribution < -0.4 is 20.7 Å². The van der Waals surface area contributed by atoms with Gasteiger partial charge in [0, 0.05) is 50.2 Å². The Morgan fingerprint density at radius 3 is 2.90 bits per heavy atom. The van der Waals surface area contributed by atoms with Gasteiger partial charge in [0.05, 0.1) is 18.1 Å². The van der Waals surface area contributed by atoms with Gasteiger partial charge in [0.25, 0.3) is 0 Å². The van der Waals surface area contributed by atoms with Crippen LogP contribution in [0, 0.1) is 11.3 Å². The molecule has 3 N–H and O–H groups in total. The Hall–Kier alpha value is -3.71. The van der Waals surface area contributed by atoms with Crippen LogP contribution in [0.1, 0.15) is 18.5 Å². The average Bonchev–Trinajstić information content (AvgIpc) is 3.20. The first kappa shape index (κ1) is 19.6. The number of aromatic nitrogens is 5. The van der Waals surface area contributed by atoms with E-state index < -0.39 is 0 Å². The Kier molecular flexibility index (Phi) is 5.72. The molecule has 0 saturated carbocycles. The number of anilines is 3. The van der Waals surface area contributed by atoms with Crippen LogP contribution in [0.2, 0.25) is 0 Å². The van der Waals surface area contributed by atoms with Gasteiger partial charge in [-0.05, 0) is 19.4 Å². The number of ether oxygens (including phenoxy) is 1. The van der Waals surface area contributed by atoms with Crippen molar-refractivity contribution in [2.45, 2.75) is 18.9 Å². The third kappa shape index (κ3) is 4.31. The predicted octanol–water partition coefficient (Wildman–Crippen LogP) is 2.06. The molecule has 154 valence electrons. The van der Waals surface area contributed by atoms with E-state index in [2.05, 4.69) is 42.1 Å². The molecule has 30 heavy (non-hydrogen) atoms. The number of nitrogens with zero attached hydrogens (tertiary/aromatic N) is 6. The number of nitriles is 1. The Bertz CT molecular complexity index is 1070. The van der Waals surface area contributed by atoms with Crippen molar-refractivity contribution in [3.05, 3.63) is 36.5 Å². The van der Waals surface area contributed by atoms with Gasteiger partial charge in [-0.2, -0.15) is 15.3 Å². The minimum absolute atomic E-state index is 0.0220. The van der Waals surface area contributed by atoms with Crippen LogP contribution in [-0.4, -0.2) is 51.0 Å². The van der Waals surface area contributed by atoms with E-state index in [1.54, 1.807) is 36.4 Å². The first-order valence-corrected chi connectivity index (χ1v) is 9.74. The van der Waals surface area contributed by atoms with Gasteiger partial charge in [-0.3, -0.25) is 4.68 Å². The number of hydrogen-bond acceptors (Lipinski definition) is 9. The summed E-state index contributed by atoms with van der Waals surface area (Å²) < 4.78 is 7.76. The lowest BCUT2D eigenvalue weighted by atomic mass is 10.1. The molecule has 1 aliphatic heterocycles. The molecule has 1 atom stereocenters. The summed E-state index contributed by atoms with van der Waals surface area (Å²) in [7, 11) is 3.67. The van der Waals surface area contributed by atoms with Crippen LogP contribution in [-0.2, 0) is 7.05 Å². The van der Waals surface area contributed by atoms with E-state index in [0.29, 0.717) is 23.2 Å². The van der Waals surface area contributed by atoms with Gasteiger partial charge in [-0.15, -0.1) is 0 Å². The molecule has 0 aliphatic carbocycles. The number of aryl methyl sites for hydroxylation is 1. The van der Waals surface area contributed by atoms with Gasteiger partial charge in [-0.1, -0.05) is 0 Å². The highest BCUT2D eigenvalue weighted by Gasteiger charge is 2.18. The molecule has 1 aliphatic rings. The summed E-state index contributed by atoms with van der Waals surface area (Å²) in [5.41, 5.74) is 2.67. The van der Waals surface area contributed by atoms with E-state index in [1.807, 2.05) is 13.2 Å². The number of rotatable bonds is 6. The third-order valence-electron chi connectivity index (χ3n) is 4.80. The van der Waals surface area contributed by atoms with Crippen molar-refractivity contribution >= 4 is 17.5 Å². The monoisotopic (exact) mass is 405 g/mol. The van der Waals surface area contributed by atoms with Crippen LogP contribution in [0.4, 0.5) is 17.5 Å². The molecule has 1 saturated heterocycles. The zero-order valence-electron chi connectivity index (χ0n) is 16.9. The molecule has 0 radical (unpaired) electrons. The van der Waals surface area contributed by atoms with Gasteiger partial charge in [-0.25, -0.2) is 9.97 Å². The van der Waals surface area contributed by atoms with Gasteiger partial charge in [0.1, 0.15) is 18.0 Å². The maximum Gasteiger partial charge on any atom is 0.229 e. The predicted molar refractivity (Wildman–Crippen MR) is 113 cm³/mol. The van der Waals surface area contributed by atoms with Crippen molar-refractivity contribution in [3.8, 4) is 22.9 Å². The van der Waals surface area contributed by atoms with Gasteiger partial charge >= 0.3 is 0 Å². The van der Waals surface area contributed by atoms with E-state index in [-0.39, 0.29) is 11.8 Å². The molecular weight excluding hydrogens is 382 g/mol. The molecule has 0 amide bonds. The lowest BCUT2D eigenvalue weighted by molar-refractivity contribution is 0.166. The fraction of sp³-hybridized carbons (Fsp3) is 0.350. The van der Waals surface area contributed by atoms with E-state index in [0.717, 1.165) is 37.1 Å². The summed E-state index contributed by atoms with van der Waals surface area (Å²) in [6, 6.07) is 3.85. The average molecular weight is 405 g/mol. The molecular formula is C20H23N9O. The molecule has 10 nitrogen and oxygen atoms in total. The van der Waals surface area contributed by atoms with Gasteiger partial charge in [0.15, 0.2) is 11.4 Å². The van der Waals surface area contributed by atoms with Gasteiger partial charge < -0.3 is 20.7 Å². The van der Waals surface area contributed by atoms with Crippen LogP contribution in [0.25, 0.3) is 11.1 Å². The summed E-state index contributed by atoms with van der Waals surface area (Å²) in [4.78, 5) is 13.2. The quantitative estimate of drug-likeness (QED) is 0.565. The first-order valence-electron chi connectivity index (χ1n) is 9.74. The highest BCUT2D eigenvalue weighted by molar-refractivity contribution is 5.74. The van der Waals surface area contributed by atoms with Crippen LogP contribution in [0.5, 0.6) is 5.75 Å². The van der Waals surface area contributed by atoms with Crippen molar-refractivity contribution < 1.29 is 4.74 Å². The summed E-state index contributed by atoms with van der Waals surface area (Å²) in [6.07, 6.45) is 8.99. The zero-order chi connectivity index (χ0) is 20.9. The van der Waals surface area contributed by atoms with Crippen molar-refractivity contribution in [3.63, 3.8) is 0 Å². The smallest absolute Gasteiger partial charge is 0.229 e. The van der Waals surface area contributed by atoms with E-state index in [9.17, 15) is 5.26 Å². The van der Waals surface area contributed by atoms with Crippen LogP contribution in [0.3, 0.4) is 0 Å². The topological polar surface area (TPSA) is 126 Å². The summed E-state index contributed by atoms with van der Waals surface area (Å²) in [5.74, 6) is 1.53. The van der Waals surface area contributed by atoms with E-state index >= 15 is 0 Å². The lowest BCUT2D eigenvalue weighted by Crippen LogP contribution is -2.37. The number of pyridine rings is 1. The fourth-order valence-electron chi connectivity index (χ4n) is 3.32. The standard InChI is InChI=1S/C20H23N9O/c1-22-19-16(13-8-26-29(2)12-13)11-25-20(28-19)27-14-6-18(17(7-21)24-9-14)30-15-4-3-5-23-10-15/h6,8-9,11-12,15,23H,3-5,10H2,1-2H3,(H2,22,25,27,28)/t15-/m0/s1. The SMILES string of the molecule is CNc1nc(Nc2cnc(C#N)c(O[C@H]3CCCNC3)c2)ncc1-c1cnn(C)c1. The highest BCUT2D eigenvalue weighted by atomic mass is 16.5. The summed E-state index contributed by atoms with van der Waals surface area (Å²) in [5, 5.41) is 23.1. The van der Waals surface area contributed by atoms with Crippen molar-refractivity contribution in [2.24, 2.45) is 7.05 Å². The minimum Gasteiger partial charge on any atom is -0.486 e. The highest BCUT2D eigenvalue weighted by Crippen LogP contribution is 2.28. The Labute approximate surface area is 174 Å². The molecule has 0 unspecified atom stereocenters. The molecule has 0 aromatic carbocycles. The second-order valence-corrected chi connectivity index (χ2v) is 7.00. The number of nitrogens with one attached hydrogen (secondary N) is 3. The molecule has 1 fully saturated rings. The van der Waals surface area contributed by atoms with Crippen LogP contribution in [0.15, 0.2) is 30.9 Å². The zero-order valence-corrected chi connectivity index (χ0v) is 16.9. The summed E-state index contributed by atoms with van der Waals surface area (Å²) in [6.45, 7) is 1.75. The largest absolute Gasteiger partial charge is 0.486 e. The van der Waals surface area contributed by atoms with Crippen LogP contribution >= 0.6 is 0 Å². The second kappa shape index (κ2) is 8.75. The lowest BCUT2D eigenvalue weighted by Gasteiger charge is -2.24. The molecule has 3 aromatic rings. The van der Waals surface area contributed by atoms with Crippen molar-refractivity contribution in [1.82, 2.24) is 30.0 Å². The maximum atomic E-state index is 9.37. The number of piperidine rings is 1. The molecule has 0 bridgehead atoms. The normalized spacial score (nSPS) is 16.0. The third-order valence-corrected chi connectivity index (χ3v) is 4.80. The molecule has 10 heteroatoms. The Morgan fingerprint density at radius 2 is 2.20 bits per heavy atom. The molecule has 4 heterocycles. The number of hydrogen-bond donors (Lipinski definition) is 3. The fourth-order valence-corrected chi connectivity index (χ4v) is 3.32. The molecule has 0 spiro atoms. The Morgan fingerprint density at radius 1 is 1.30 bits per heavy atom. The Balaban J connectivity index is 1.56. The first-order chi connectivity index (χ1) is 14.7. The van der Waals surface area contributed by atoms with E-state index in [1.165, 1.54) is 0 Å². The van der Waals surface area contributed by atoms with Crippen molar-refractivity contribution in [2.75, 3.05) is 30.8 Å². The molecule has 3 aromatic heterocycles. The van der Waals surface area contributed by atoms with Gasteiger partial charge in [0.2, 0.25) is 5.95 Å². The second-order valence-electron chi connectivity index (χ2n) is 7.00.